The highest BCUT2D eigenvalue weighted by molar-refractivity contribution is 5.94. The summed E-state index contributed by atoms with van der Waals surface area (Å²) >= 11 is 0. The van der Waals surface area contributed by atoms with Crippen LogP contribution in [0.1, 0.15) is 38.5 Å². The number of carbonyl (C=O) groups is 1. The van der Waals surface area contributed by atoms with Gasteiger partial charge < -0.3 is 9.64 Å². The molecule has 5 rings (SSSR count). The van der Waals surface area contributed by atoms with E-state index >= 15 is 0 Å². The van der Waals surface area contributed by atoms with E-state index in [1.165, 1.54) is 50.9 Å². The number of nitro groups is 1. The van der Waals surface area contributed by atoms with E-state index in [0.717, 1.165) is 19.4 Å². The van der Waals surface area contributed by atoms with Crippen LogP contribution in [0.3, 0.4) is 0 Å². The number of fused-ring (bicyclic) bond motifs is 2. The summed E-state index contributed by atoms with van der Waals surface area (Å²) in [6.45, 7) is 3.33. The van der Waals surface area contributed by atoms with E-state index in [1.54, 1.807) is 18.4 Å². The van der Waals surface area contributed by atoms with Crippen molar-refractivity contribution < 1.29 is 14.5 Å². The quantitative estimate of drug-likeness (QED) is 0.338. The number of nitro benzene ring substituents is 1. The first-order valence-corrected chi connectivity index (χ1v) is 10.8. The molecule has 0 unspecified atom stereocenters. The van der Waals surface area contributed by atoms with Gasteiger partial charge in [-0.2, -0.15) is 0 Å². The Morgan fingerprint density at radius 1 is 1.10 bits per heavy atom. The molecule has 0 spiro atoms. The molecule has 0 N–H and O–H groups in total. The molecule has 0 aromatic heterocycles. The van der Waals surface area contributed by atoms with Gasteiger partial charge in [-0.25, -0.2) is 0 Å². The largest absolute Gasteiger partial charge is 0.465 e. The van der Waals surface area contributed by atoms with Crippen molar-refractivity contribution >= 4 is 11.6 Å². The first-order chi connectivity index (χ1) is 14.1. The molecule has 1 aromatic rings. The van der Waals surface area contributed by atoms with E-state index < -0.39 is 4.92 Å². The second-order valence-electron chi connectivity index (χ2n) is 8.81. The Kier molecular flexibility index (Phi) is 4.78. The van der Waals surface area contributed by atoms with Gasteiger partial charge in [-0.3, -0.25) is 19.8 Å². The Balaban J connectivity index is 1.31. The molecule has 7 nitrogen and oxygen atoms in total. The van der Waals surface area contributed by atoms with E-state index in [-0.39, 0.29) is 11.6 Å². The number of amides is 1. The highest BCUT2D eigenvalue weighted by atomic mass is 16.6. The molecule has 4 aliphatic rings. The summed E-state index contributed by atoms with van der Waals surface area (Å²) < 4.78 is 5.68. The summed E-state index contributed by atoms with van der Waals surface area (Å²) in [5.74, 6) is 1.84. The second-order valence-corrected chi connectivity index (χ2v) is 8.81. The maximum atomic E-state index is 13.2. The fourth-order valence-electron chi connectivity index (χ4n) is 6.09. The second kappa shape index (κ2) is 7.44. The number of non-ortho nitro benzene ring substituents is 1. The van der Waals surface area contributed by atoms with Gasteiger partial charge in [0.2, 0.25) is 0 Å². The number of benzene rings is 1. The van der Waals surface area contributed by atoms with Gasteiger partial charge in [-0.15, -0.1) is 0 Å². The minimum Gasteiger partial charge on any atom is -0.465 e. The number of hydrogen-bond acceptors (Lipinski definition) is 5. The zero-order chi connectivity index (χ0) is 20.0. The zero-order valence-electron chi connectivity index (χ0n) is 16.5. The molecule has 4 atom stereocenters. The number of rotatable bonds is 3. The summed E-state index contributed by atoms with van der Waals surface area (Å²) in [7, 11) is 0. The lowest BCUT2D eigenvalue weighted by atomic mass is 9.68. The highest BCUT2D eigenvalue weighted by Gasteiger charge is 2.51. The fourth-order valence-corrected chi connectivity index (χ4v) is 6.09. The van der Waals surface area contributed by atoms with Gasteiger partial charge in [0.25, 0.3) is 11.6 Å². The molecule has 0 bridgehead atoms. The van der Waals surface area contributed by atoms with Gasteiger partial charge in [-0.05, 0) is 75.6 Å². The molecular weight excluding hydrogens is 370 g/mol. The molecule has 7 heteroatoms. The lowest BCUT2D eigenvalue weighted by Gasteiger charge is -2.58. The van der Waals surface area contributed by atoms with Crippen molar-refractivity contribution in [1.82, 2.24) is 9.80 Å². The zero-order valence-corrected chi connectivity index (χ0v) is 16.5. The number of carbonyl (C=O) groups excluding carboxylic acids is 1. The Morgan fingerprint density at radius 3 is 2.62 bits per heavy atom. The molecule has 4 saturated heterocycles. The highest BCUT2D eigenvalue weighted by Crippen LogP contribution is 2.45. The third-order valence-electron chi connectivity index (χ3n) is 7.30. The number of nitrogens with zero attached hydrogens (tertiary/aromatic N) is 3. The van der Waals surface area contributed by atoms with Crippen LogP contribution in [0.2, 0.25) is 0 Å². The first-order valence-electron chi connectivity index (χ1n) is 10.8. The van der Waals surface area contributed by atoms with Gasteiger partial charge in [0.15, 0.2) is 0 Å². The lowest BCUT2D eigenvalue weighted by molar-refractivity contribution is -0.384. The minimum absolute atomic E-state index is 0.0264. The van der Waals surface area contributed by atoms with E-state index in [0.29, 0.717) is 35.2 Å². The van der Waals surface area contributed by atoms with Gasteiger partial charge in [0.1, 0.15) is 5.75 Å². The van der Waals surface area contributed by atoms with Crippen molar-refractivity contribution in [3.63, 3.8) is 0 Å². The normalized spacial score (nSPS) is 33.2. The van der Waals surface area contributed by atoms with Crippen molar-refractivity contribution in [3.05, 3.63) is 46.2 Å². The molecule has 0 radical (unpaired) electrons. The van der Waals surface area contributed by atoms with Crippen LogP contribution in [-0.4, -0.2) is 52.3 Å². The summed E-state index contributed by atoms with van der Waals surface area (Å²) in [5.41, 5.74) is 0.736. The Bertz CT molecular complexity index is 835. The number of piperidine rings is 4. The molecule has 4 heterocycles. The number of ether oxygens (including phenoxy) is 1. The van der Waals surface area contributed by atoms with Crippen molar-refractivity contribution in [2.75, 3.05) is 19.6 Å². The van der Waals surface area contributed by atoms with Crippen LogP contribution in [0.4, 0.5) is 5.69 Å². The van der Waals surface area contributed by atoms with Gasteiger partial charge in [0.05, 0.1) is 16.8 Å². The van der Waals surface area contributed by atoms with Gasteiger partial charge in [0, 0.05) is 30.8 Å². The predicted molar refractivity (Wildman–Crippen MR) is 107 cm³/mol. The van der Waals surface area contributed by atoms with E-state index in [2.05, 4.69) is 9.80 Å². The average Bonchev–Trinajstić information content (AvgIpc) is 2.74. The maximum absolute atomic E-state index is 13.2. The van der Waals surface area contributed by atoms with Crippen molar-refractivity contribution in [2.24, 2.45) is 11.8 Å². The van der Waals surface area contributed by atoms with Crippen LogP contribution in [0.15, 0.2) is 36.1 Å². The van der Waals surface area contributed by atoms with Crippen LogP contribution in [0.5, 0.6) is 5.75 Å². The SMILES string of the molecule is O=C1/C(=C\Oc2ccc([N+](=O)[O-])cc2)CC[C@@H]2[C@H]3CCCN4CCC[C@@H](CN12)[C@@H]34. The molecule has 154 valence electrons. The Labute approximate surface area is 170 Å². The summed E-state index contributed by atoms with van der Waals surface area (Å²) in [4.78, 5) is 28.4. The monoisotopic (exact) mass is 397 g/mol. The van der Waals surface area contributed by atoms with Crippen LogP contribution in [0.25, 0.3) is 0 Å². The maximum Gasteiger partial charge on any atom is 0.269 e. The Hall–Kier alpha value is -2.41. The lowest BCUT2D eigenvalue weighted by Crippen LogP contribution is -2.66. The summed E-state index contributed by atoms with van der Waals surface area (Å²) in [5, 5.41) is 10.8. The first kappa shape index (κ1) is 18.6. The summed E-state index contributed by atoms with van der Waals surface area (Å²) in [6.07, 6.45) is 8.26. The molecule has 1 amide bonds. The van der Waals surface area contributed by atoms with Crippen molar-refractivity contribution in [1.29, 1.82) is 0 Å². The average molecular weight is 397 g/mol. The third kappa shape index (κ3) is 3.31. The standard InChI is InChI=1S/C22H27N3O4/c26-22-16(14-29-18-8-6-17(7-9-18)25(27)28)5-10-20-19-4-2-12-23-11-1-3-15(21(19)23)13-24(20)22/h6-9,14-15,19-21H,1-5,10-13H2/b16-14-/t15-,19+,20+,21-/m0/s1. The molecule has 29 heavy (non-hydrogen) atoms. The van der Waals surface area contributed by atoms with Crippen LogP contribution >= 0.6 is 0 Å². The van der Waals surface area contributed by atoms with Crippen LogP contribution < -0.4 is 4.74 Å². The predicted octanol–water partition coefficient (Wildman–Crippen LogP) is 3.35. The molecule has 0 aliphatic carbocycles. The van der Waals surface area contributed by atoms with E-state index in [1.807, 2.05) is 0 Å². The third-order valence-corrected chi connectivity index (χ3v) is 7.30. The molecular formula is C22H27N3O4. The minimum atomic E-state index is -0.436. The molecule has 4 aliphatic heterocycles. The molecule has 1 aromatic carbocycles. The topological polar surface area (TPSA) is 75.9 Å². The van der Waals surface area contributed by atoms with E-state index in [4.69, 9.17) is 4.74 Å². The fraction of sp³-hybridized carbons (Fsp3) is 0.591. The smallest absolute Gasteiger partial charge is 0.269 e. The molecule has 4 fully saturated rings. The van der Waals surface area contributed by atoms with Gasteiger partial charge >= 0.3 is 0 Å². The molecule has 0 saturated carbocycles. The Morgan fingerprint density at radius 2 is 1.86 bits per heavy atom. The van der Waals surface area contributed by atoms with Crippen LogP contribution in [0, 0.1) is 22.0 Å². The van der Waals surface area contributed by atoms with Crippen molar-refractivity contribution in [3.8, 4) is 5.75 Å². The van der Waals surface area contributed by atoms with Crippen LogP contribution in [-0.2, 0) is 4.79 Å². The van der Waals surface area contributed by atoms with Gasteiger partial charge in [-0.1, -0.05) is 0 Å². The number of hydrogen-bond donors (Lipinski definition) is 0. The van der Waals surface area contributed by atoms with E-state index in [9.17, 15) is 14.9 Å². The summed E-state index contributed by atoms with van der Waals surface area (Å²) in [6, 6.07) is 6.99. The van der Waals surface area contributed by atoms with Crippen molar-refractivity contribution in [2.45, 2.75) is 50.6 Å².